The first kappa shape index (κ1) is 24.2. The molecule has 0 radical (unpaired) electrons. The van der Waals surface area contributed by atoms with Gasteiger partial charge in [0.05, 0.1) is 21.8 Å². The molecule has 0 saturated heterocycles. The third kappa shape index (κ3) is 3.93. The van der Waals surface area contributed by atoms with Crippen molar-refractivity contribution in [3.63, 3.8) is 0 Å². The maximum absolute atomic E-state index is 13.9. The average Bonchev–Trinajstić information content (AvgIpc) is 3.57. The second-order valence-corrected chi connectivity index (χ2v) is 10.9. The number of rotatable bonds is 5. The van der Waals surface area contributed by atoms with Gasteiger partial charge in [0, 0.05) is 30.2 Å². The van der Waals surface area contributed by atoms with Crippen molar-refractivity contribution >= 4 is 66.6 Å². The zero-order chi connectivity index (χ0) is 26.7. The Hall–Kier alpha value is -4.14. The molecule has 0 spiro atoms. The Bertz CT molecular complexity index is 1790. The van der Waals surface area contributed by atoms with E-state index in [4.69, 9.17) is 16.0 Å². The first-order valence-electron chi connectivity index (χ1n) is 11.9. The van der Waals surface area contributed by atoms with Gasteiger partial charge in [0.15, 0.2) is 16.7 Å². The molecule has 0 bridgehead atoms. The van der Waals surface area contributed by atoms with Gasteiger partial charge in [-0.15, -0.1) is 0 Å². The van der Waals surface area contributed by atoms with Crippen LogP contribution in [-0.2, 0) is 4.79 Å². The molecule has 7 nitrogen and oxygen atoms in total. The van der Waals surface area contributed by atoms with Crippen molar-refractivity contribution in [3.8, 4) is 0 Å². The molecule has 2 aromatic heterocycles. The lowest BCUT2D eigenvalue weighted by molar-refractivity contribution is -0.117. The fraction of sp³-hybridized carbons (Fsp3) is 0.138. The number of aryl methyl sites for hydroxylation is 1. The average molecular weight is 544 g/mol. The molecular weight excluding hydrogens is 522 g/mol. The number of hydrogen-bond donors (Lipinski definition) is 1. The molecule has 6 rings (SSSR count). The van der Waals surface area contributed by atoms with Gasteiger partial charge in [-0.1, -0.05) is 41.1 Å². The molecular formula is C29H22ClN3O4S. The lowest BCUT2D eigenvalue weighted by Gasteiger charge is -2.25. The summed E-state index contributed by atoms with van der Waals surface area (Å²) in [5.41, 5.74) is 3.83. The van der Waals surface area contributed by atoms with Crippen molar-refractivity contribution in [3.05, 3.63) is 100.0 Å². The number of thiazole rings is 1. The van der Waals surface area contributed by atoms with Crippen LogP contribution in [0.3, 0.4) is 0 Å². The van der Waals surface area contributed by atoms with Crippen LogP contribution in [0, 0.1) is 6.92 Å². The fourth-order valence-corrected chi connectivity index (χ4v) is 5.96. The van der Waals surface area contributed by atoms with Crippen LogP contribution >= 0.6 is 22.9 Å². The van der Waals surface area contributed by atoms with Crippen molar-refractivity contribution in [1.29, 1.82) is 0 Å². The number of carbonyl (C=O) groups excluding carboxylic acids is 2. The molecule has 38 heavy (non-hydrogen) atoms. The van der Waals surface area contributed by atoms with Crippen LogP contribution in [0.25, 0.3) is 21.2 Å². The molecule has 0 aliphatic carbocycles. The first-order chi connectivity index (χ1) is 18.2. The number of Topliss-reactive ketones (excluding diaryl/α,β-unsaturated/α-hetero) is 1. The van der Waals surface area contributed by atoms with Crippen molar-refractivity contribution in [2.45, 2.75) is 13.0 Å². The molecule has 5 aromatic rings. The van der Waals surface area contributed by atoms with Crippen LogP contribution < -0.4 is 9.80 Å². The smallest absolute Gasteiger partial charge is 0.296 e. The van der Waals surface area contributed by atoms with E-state index >= 15 is 0 Å². The molecule has 1 aliphatic rings. The monoisotopic (exact) mass is 543 g/mol. The quantitative estimate of drug-likeness (QED) is 0.244. The Morgan fingerprint density at radius 1 is 1.08 bits per heavy atom. The molecule has 1 amide bonds. The highest BCUT2D eigenvalue weighted by molar-refractivity contribution is 7.22. The largest absolute Gasteiger partial charge is 0.503 e. The second-order valence-electron chi connectivity index (χ2n) is 9.42. The van der Waals surface area contributed by atoms with Crippen molar-refractivity contribution < 1.29 is 19.1 Å². The lowest BCUT2D eigenvalue weighted by Crippen LogP contribution is -2.31. The normalized spacial score (nSPS) is 15.7. The third-order valence-corrected chi connectivity index (χ3v) is 7.87. The van der Waals surface area contributed by atoms with Gasteiger partial charge in [0.1, 0.15) is 5.58 Å². The van der Waals surface area contributed by atoms with Crippen LogP contribution in [0.15, 0.2) is 82.5 Å². The van der Waals surface area contributed by atoms with Crippen LogP contribution in [-0.4, -0.2) is 35.9 Å². The van der Waals surface area contributed by atoms with Crippen molar-refractivity contribution in [2.24, 2.45) is 0 Å². The first-order valence-corrected chi connectivity index (χ1v) is 13.1. The predicted molar refractivity (Wildman–Crippen MR) is 151 cm³/mol. The van der Waals surface area contributed by atoms with E-state index < -0.39 is 23.5 Å². The second kappa shape index (κ2) is 9.01. The minimum Gasteiger partial charge on any atom is -0.503 e. The Morgan fingerprint density at radius 3 is 2.58 bits per heavy atom. The Kier molecular flexibility index (Phi) is 5.74. The fourth-order valence-electron chi connectivity index (χ4n) is 4.69. The number of ketones is 1. The number of aliphatic hydroxyl groups excluding tert-OH is 1. The summed E-state index contributed by atoms with van der Waals surface area (Å²) in [6.45, 7) is 1.99. The summed E-state index contributed by atoms with van der Waals surface area (Å²) in [4.78, 5) is 35.4. The summed E-state index contributed by atoms with van der Waals surface area (Å²) in [6.07, 6.45) is 0. The van der Waals surface area contributed by atoms with E-state index in [0.717, 1.165) is 21.5 Å². The topological polar surface area (TPSA) is 86.9 Å². The molecule has 1 atom stereocenters. The predicted octanol–water partition coefficient (Wildman–Crippen LogP) is 6.85. The Balaban J connectivity index is 1.50. The van der Waals surface area contributed by atoms with Gasteiger partial charge in [-0.2, -0.15) is 0 Å². The Morgan fingerprint density at radius 2 is 1.84 bits per heavy atom. The summed E-state index contributed by atoms with van der Waals surface area (Å²) in [6, 6.07) is 19.1. The molecule has 1 N–H and O–H groups in total. The summed E-state index contributed by atoms with van der Waals surface area (Å²) in [5, 5.41) is 12.7. The summed E-state index contributed by atoms with van der Waals surface area (Å²) >= 11 is 7.44. The van der Waals surface area contributed by atoms with E-state index in [-0.39, 0.29) is 11.3 Å². The number of aromatic nitrogens is 1. The number of amides is 1. The van der Waals surface area contributed by atoms with Gasteiger partial charge in [0.25, 0.3) is 5.91 Å². The van der Waals surface area contributed by atoms with Gasteiger partial charge in [0.2, 0.25) is 5.78 Å². The lowest BCUT2D eigenvalue weighted by atomic mass is 9.95. The highest BCUT2D eigenvalue weighted by Crippen LogP contribution is 2.45. The number of fused-ring (bicyclic) bond motifs is 2. The number of aliphatic hydroxyl groups is 1. The van der Waals surface area contributed by atoms with Crippen LogP contribution in [0.2, 0.25) is 5.02 Å². The minimum absolute atomic E-state index is 0.00769. The summed E-state index contributed by atoms with van der Waals surface area (Å²) in [7, 11) is 3.86. The standard InChI is InChI=1S/C29H22ClN3O4S/c1-15-4-10-20-23(12-15)38-29(31-20)33-25(16-5-8-19(9-6-16)32(2)3)24(27(35)28(33)36)26(34)22-14-17-13-18(30)7-11-21(17)37-22/h4-14,25,35H,1-3H3. The van der Waals surface area contributed by atoms with E-state index in [2.05, 4.69) is 4.98 Å². The number of anilines is 2. The summed E-state index contributed by atoms with van der Waals surface area (Å²) < 4.78 is 6.72. The number of carbonyl (C=O) groups is 2. The van der Waals surface area contributed by atoms with E-state index in [1.807, 2.05) is 68.4 Å². The number of furan rings is 1. The van der Waals surface area contributed by atoms with Gasteiger partial charge in [-0.25, -0.2) is 4.98 Å². The molecule has 0 saturated carbocycles. The van der Waals surface area contributed by atoms with Gasteiger partial charge in [-0.3, -0.25) is 14.5 Å². The number of halogens is 1. The van der Waals surface area contributed by atoms with E-state index in [1.165, 1.54) is 16.2 Å². The molecule has 1 unspecified atom stereocenters. The van der Waals surface area contributed by atoms with Crippen LogP contribution in [0.5, 0.6) is 0 Å². The molecule has 1 aliphatic heterocycles. The Labute approximate surface area is 227 Å². The molecule has 9 heteroatoms. The van der Waals surface area contributed by atoms with E-state index in [9.17, 15) is 14.7 Å². The molecule has 190 valence electrons. The van der Waals surface area contributed by atoms with Gasteiger partial charge in [-0.05, 0) is 66.6 Å². The zero-order valence-corrected chi connectivity index (χ0v) is 22.3. The molecule has 3 heterocycles. The number of nitrogens with zero attached hydrogens (tertiary/aromatic N) is 3. The van der Waals surface area contributed by atoms with Crippen LogP contribution in [0.1, 0.15) is 27.7 Å². The minimum atomic E-state index is -0.898. The number of benzene rings is 3. The number of hydrogen-bond acceptors (Lipinski definition) is 7. The zero-order valence-electron chi connectivity index (χ0n) is 20.7. The highest BCUT2D eigenvalue weighted by Gasteiger charge is 2.46. The summed E-state index contributed by atoms with van der Waals surface area (Å²) in [5.74, 6) is -1.88. The van der Waals surface area contributed by atoms with Gasteiger partial charge >= 0.3 is 0 Å². The van der Waals surface area contributed by atoms with E-state index in [0.29, 0.717) is 26.7 Å². The maximum Gasteiger partial charge on any atom is 0.296 e. The molecule has 3 aromatic carbocycles. The SMILES string of the molecule is Cc1ccc2nc(N3C(=O)C(O)=C(C(=O)c4cc5cc(Cl)ccc5o4)C3c3ccc(N(C)C)cc3)sc2c1. The van der Waals surface area contributed by atoms with E-state index in [1.54, 1.807) is 24.3 Å². The van der Waals surface area contributed by atoms with Gasteiger partial charge < -0.3 is 14.4 Å². The highest BCUT2D eigenvalue weighted by atomic mass is 35.5. The third-order valence-electron chi connectivity index (χ3n) is 6.62. The maximum atomic E-state index is 13.9. The van der Waals surface area contributed by atoms with Crippen molar-refractivity contribution in [2.75, 3.05) is 23.9 Å². The van der Waals surface area contributed by atoms with Crippen LogP contribution in [0.4, 0.5) is 10.8 Å². The van der Waals surface area contributed by atoms with Crippen molar-refractivity contribution in [1.82, 2.24) is 4.98 Å². The molecule has 0 fully saturated rings.